The van der Waals surface area contributed by atoms with Crippen LogP contribution in [0.5, 0.6) is 0 Å². The molecule has 0 atom stereocenters. The van der Waals surface area contributed by atoms with Crippen LogP contribution in [0.15, 0.2) is 30.5 Å². The number of rotatable bonds is 1. The monoisotopic (exact) mass is 279 g/mol. The molecule has 0 radical (unpaired) electrons. The number of aryl methyl sites for hydroxylation is 1. The minimum absolute atomic E-state index is 0.388. The van der Waals surface area contributed by atoms with Crippen LogP contribution < -0.4 is 5.32 Å². The highest BCUT2D eigenvalue weighted by molar-refractivity contribution is 5.44. The number of hydrogen-bond donors (Lipinski definition) is 1. The number of pyridine rings is 1. The molecule has 3 heteroatoms. The van der Waals surface area contributed by atoms with Crippen molar-refractivity contribution in [1.29, 1.82) is 0 Å². The van der Waals surface area contributed by atoms with Gasteiger partial charge in [-0.25, -0.2) is 4.98 Å². The summed E-state index contributed by atoms with van der Waals surface area (Å²) in [5, 5.41) is 3.03. The first kappa shape index (κ1) is 13.8. The van der Waals surface area contributed by atoms with Crippen LogP contribution in [0, 0.1) is 17.3 Å². The second-order valence-corrected chi connectivity index (χ2v) is 6.42. The zero-order chi connectivity index (χ0) is 14.9. The van der Waals surface area contributed by atoms with Gasteiger partial charge in [-0.1, -0.05) is 25.8 Å². The molecule has 0 spiro atoms. The summed E-state index contributed by atoms with van der Waals surface area (Å²) in [6, 6.07) is 8.05. The molecule has 2 aromatic heterocycles. The van der Waals surface area contributed by atoms with Gasteiger partial charge in [0.05, 0.1) is 0 Å². The largest absolute Gasteiger partial charge is 0.373 e. The van der Waals surface area contributed by atoms with Crippen molar-refractivity contribution >= 4 is 5.82 Å². The topological polar surface area (TPSA) is 29.9 Å². The third-order valence-electron chi connectivity index (χ3n) is 3.98. The molecule has 1 aliphatic rings. The molecule has 2 aromatic rings. The molecule has 0 aliphatic carbocycles. The van der Waals surface area contributed by atoms with Crippen molar-refractivity contribution in [2.45, 2.75) is 33.2 Å². The zero-order valence-corrected chi connectivity index (χ0v) is 12.9. The third-order valence-corrected chi connectivity index (χ3v) is 3.98. The summed E-state index contributed by atoms with van der Waals surface area (Å²) in [5.41, 5.74) is 3.67. The van der Waals surface area contributed by atoms with Crippen molar-refractivity contribution in [3.05, 3.63) is 47.4 Å². The molecule has 0 saturated heterocycles. The van der Waals surface area contributed by atoms with Crippen molar-refractivity contribution in [2.75, 3.05) is 12.4 Å². The van der Waals surface area contributed by atoms with E-state index >= 15 is 0 Å². The van der Waals surface area contributed by atoms with E-state index < -0.39 is 0 Å². The summed E-state index contributed by atoms with van der Waals surface area (Å²) in [6.07, 6.45) is 4.56. The molecule has 0 saturated carbocycles. The highest BCUT2D eigenvalue weighted by Crippen LogP contribution is 2.31. The minimum atomic E-state index is 0.388. The first-order valence-corrected chi connectivity index (χ1v) is 7.42. The van der Waals surface area contributed by atoms with Gasteiger partial charge in [-0.2, -0.15) is 0 Å². The summed E-state index contributed by atoms with van der Waals surface area (Å²) >= 11 is 0. The average Bonchev–Trinajstić information content (AvgIpc) is 2.86. The van der Waals surface area contributed by atoms with Crippen molar-refractivity contribution in [1.82, 2.24) is 9.55 Å². The highest BCUT2D eigenvalue weighted by Gasteiger charge is 2.24. The molecule has 21 heavy (non-hydrogen) atoms. The Morgan fingerprint density at radius 3 is 2.95 bits per heavy atom. The Hall–Kier alpha value is -2.21. The molecule has 1 N–H and O–H groups in total. The van der Waals surface area contributed by atoms with Crippen LogP contribution in [0.3, 0.4) is 0 Å². The Labute approximate surface area is 126 Å². The van der Waals surface area contributed by atoms with Crippen molar-refractivity contribution in [3.63, 3.8) is 0 Å². The maximum absolute atomic E-state index is 4.42. The van der Waals surface area contributed by atoms with E-state index in [0.717, 1.165) is 30.0 Å². The Balaban J connectivity index is 1.84. The first-order valence-electron chi connectivity index (χ1n) is 7.42. The average molecular weight is 279 g/mol. The fourth-order valence-corrected chi connectivity index (χ4v) is 2.77. The van der Waals surface area contributed by atoms with E-state index in [1.165, 1.54) is 12.1 Å². The van der Waals surface area contributed by atoms with Crippen LogP contribution in [-0.2, 0) is 13.0 Å². The normalized spacial score (nSPS) is 15.8. The summed E-state index contributed by atoms with van der Waals surface area (Å²) in [6.45, 7) is 5.74. The number of nitrogens with zero attached hydrogens (tertiary/aromatic N) is 2. The second kappa shape index (κ2) is 5.29. The molecular weight excluding hydrogens is 258 g/mol. The predicted molar refractivity (Wildman–Crippen MR) is 86.3 cm³/mol. The molecule has 1 aliphatic heterocycles. The molecule has 0 unspecified atom stereocenters. The Morgan fingerprint density at radius 1 is 1.29 bits per heavy atom. The van der Waals surface area contributed by atoms with E-state index in [1.807, 2.05) is 25.2 Å². The lowest BCUT2D eigenvalue weighted by molar-refractivity contribution is 0.250. The molecule has 0 bridgehead atoms. The van der Waals surface area contributed by atoms with Gasteiger partial charge in [0.25, 0.3) is 0 Å². The van der Waals surface area contributed by atoms with Crippen LogP contribution in [0.1, 0.15) is 37.2 Å². The first-order chi connectivity index (χ1) is 10.1. The van der Waals surface area contributed by atoms with Crippen molar-refractivity contribution in [3.8, 4) is 11.8 Å². The highest BCUT2D eigenvalue weighted by atomic mass is 15.0. The zero-order valence-electron chi connectivity index (χ0n) is 12.9. The quantitative estimate of drug-likeness (QED) is 0.812. The minimum Gasteiger partial charge on any atom is -0.373 e. The van der Waals surface area contributed by atoms with E-state index in [1.54, 1.807) is 0 Å². The standard InChI is InChI=1S/C18H21N3/c1-18(2)10-9-16-11-14(12-21(16)13-18)7-8-15-5-4-6-17(19-3)20-15/h4-6,11-12H,9-10,13H2,1-3H3,(H,19,20). The van der Waals surface area contributed by atoms with Gasteiger partial charge in [0.2, 0.25) is 0 Å². The van der Waals surface area contributed by atoms with Crippen LogP contribution in [0.4, 0.5) is 5.82 Å². The van der Waals surface area contributed by atoms with Gasteiger partial charge in [0.1, 0.15) is 11.5 Å². The third kappa shape index (κ3) is 3.11. The Kier molecular flexibility index (Phi) is 3.47. The molecule has 3 nitrogen and oxygen atoms in total. The number of fused-ring (bicyclic) bond motifs is 1. The number of nitrogens with one attached hydrogen (secondary N) is 1. The Morgan fingerprint density at radius 2 is 2.14 bits per heavy atom. The molecule has 0 amide bonds. The van der Waals surface area contributed by atoms with E-state index in [2.05, 4.69) is 52.8 Å². The van der Waals surface area contributed by atoms with Crippen LogP contribution in [0.25, 0.3) is 0 Å². The fourth-order valence-electron chi connectivity index (χ4n) is 2.77. The van der Waals surface area contributed by atoms with Crippen LogP contribution in [0.2, 0.25) is 0 Å². The van der Waals surface area contributed by atoms with Gasteiger partial charge >= 0.3 is 0 Å². The van der Waals surface area contributed by atoms with Gasteiger partial charge in [-0.15, -0.1) is 0 Å². The maximum Gasteiger partial charge on any atom is 0.127 e. The summed E-state index contributed by atoms with van der Waals surface area (Å²) in [5.74, 6) is 7.23. The molecule has 3 heterocycles. The van der Waals surface area contributed by atoms with Gasteiger partial charge in [0, 0.05) is 31.0 Å². The van der Waals surface area contributed by atoms with Gasteiger partial charge in [0.15, 0.2) is 0 Å². The van der Waals surface area contributed by atoms with E-state index in [-0.39, 0.29) is 0 Å². The lowest BCUT2D eigenvalue weighted by Crippen LogP contribution is -2.26. The number of hydrogen-bond acceptors (Lipinski definition) is 2. The maximum atomic E-state index is 4.42. The van der Waals surface area contributed by atoms with Crippen molar-refractivity contribution in [2.24, 2.45) is 5.41 Å². The van der Waals surface area contributed by atoms with Crippen LogP contribution >= 0.6 is 0 Å². The van der Waals surface area contributed by atoms with Gasteiger partial charge in [-0.05, 0) is 42.4 Å². The lowest BCUT2D eigenvalue weighted by Gasteiger charge is -2.31. The SMILES string of the molecule is CNc1cccc(C#Cc2cc3n(c2)CC(C)(C)CC3)n1. The molecular formula is C18H21N3. The van der Waals surface area contributed by atoms with Gasteiger partial charge < -0.3 is 9.88 Å². The van der Waals surface area contributed by atoms with E-state index in [9.17, 15) is 0 Å². The molecule has 0 aromatic carbocycles. The van der Waals surface area contributed by atoms with Crippen molar-refractivity contribution < 1.29 is 0 Å². The molecule has 108 valence electrons. The van der Waals surface area contributed by atoms with Crippen LogP contribution in [-0.4, -0.2) is 16.6 Å². The summed E-state index contributed by atoms with van der Waals surface area (Å²) in [7, 11) is 1.86. The van der Waals surface area contributed by atoms with E-state index in [0.29, 0.717) is 5.41 Å². The van der Waals surface area contributed by atoms with Gasteiger partial charge in [-0.3, -0.25) is 0 Å². The Bertz CT molecular complexity index is 714. The fraction of sp³-hybridized carbons (Fsp3) is 0.389. The predicted octanol–water partition coefficient (Wildman–Crippen LogP) is 3.30. The molecule has 3 rings (SSSR count). The second-order valence-electron chi connectivity index (χ2n) is 6.42. The smallest absolute Gasteiger partial charge is 0.127 e. The van der Waals surface area contributed by atoms with E-state index in [4.69, 9.17) is 0 Å². The lowest BCUT2D eigenvalue weighted by atomic mass is 9.84. The summed E-state index contributed by atoms with van der Waals surface area (Å²) in [4.78, 5) is 4.42. The summed E-state index contributed by atoms with van der Waals surface area (Å²) < 4.78 is 2.35. The molecule has 0 fully saturated rings. The number of aromatic nitrogens is 2. The number of anilines is 1.